The first-order valence-corrected chi connectivity index (χ1v) is 9.20. The van der Waals surface area contributed by atoms with E-state index in [0.717, 1.165) is 36.1 Å². The van der Waals surface area contributed by atoms with Crippen LogP contribution in [0.2, 0.25) is 0 Å². The Labute approximate surface area is 133 Å². The van der Waals surface area contributed by atoms with E-state index in [4.69, 9.17) is 4.74 Å². The maximum absolute atomic E-state index is 12.4. The molecule has 1 heterocycles. The molecule has 0 amide bonds. The molecule has 1 unspecified atom stereocenters. The van der Waals surface area contributed by atoms with Crippen molar-refractivity contribution in [3.05, 3.63) is 29.3 Å². The van der Waals surface area contributed by atoms with Crippen molar-refractivity contribution in [3.8, 4) is 5.75 Å². The van der Waals surface area contributed by atoms with Crippen molar-refractivity contribution in [2.75, 3.05) is 13.7 Å². The molecule has 1 aromatic carbocycles. The predicted octanol–water partition coefficient (Wildman–Crippen LogP) is 2.25. The summed E-state index contributed by atoms with van der Waals surface area (Å²) in [7, 11) is -1.74. The Morgan fingerprint density at radius 3 is 2.73 bits per heavy atom. The van der Waals surface area contributed by atoms with Gasteiger partial charge in [0.1, 0.15) is 5.75 Å². The second kappa shape index (κ2) is 6.98. The van der Waals surface area contributed by atoms with E-state index in [0.29, 0.717) is 6.54 Å². The number of rotatable bonds is 6. The van der Waals surface area contributed by atoms with Crippen molar-refractivity contribution >= 4 is 10.2 Å². The Bertz CT molecular complexity index is 614. The first-order valence-electron chi connectivity index (χ1n) is 7.76. The average molecular weight is 326 g/mol. The van der Waals surface area contributed by atoms with E-state index in [9.17, 15) is 8.42 Å². The topological polar surface area (TPSA) is 58.6 Å². The van der Waals surface area contributed by atoms with Crippen molar-refractivity contribution in [3.63, 3.8) is 0 Å². The van der Waals surface area contributed by atoms with Crippen molar-refractivity contribution in [2.45, 2.75) is 52.1 Å². The molecule has 1 aromatic rings. The Balaban J connectivity index is 2.13. The molecule has 22 heavy (non-hydrogen) atoms. The first-order chi connectivity index (χ1) is 10.3. The number of methoxy groups -OCH3 is 1. The number of aryl methyl sites for hydroxylation is 1. The van der Waals surface area contributed by atoms with E-state index in [1.165, 1.54) is 0 Å². The molecule has 6 heteroatoms. The average Bonchev–Trinajstić information content (AvgIpc) is 2.86. The fraction of sp³-hybridized carbons (Fsp3) is 0.625. The summed E-state index contributed by atoms with van der Waals surface area (Å²) >= 11 is 0. The van der Waals surface area contributed by atoms with Crippen molar-refractivity contribution in [2.24, 2.45) is 0 Å². The van der Waals surface area contributed by atoms with Crippen LogP contribution in [0.15, 0.2) is 18.2 Å². The smallest absolute Gasteiger partial charge is 0.279 e. The zero-order valence-electron chi connectivity index (χ0n) is 13.8. The van der Waals surface area contributed by atoms with Crippen LogP contribution in [0.4, 0.5) is 0 Å². The molecule has 1 aliphatic heterocycles. The molecule has 0 saturated carbocycles. The molecule has 0 spiro atoms. The number of hydrogen-bond acceptors (Lipinski definition) is 3. The van der Waals surface area contributed by atoms with Crippen LogP contribution in [-0.4, -0.2) is 38.5 Å². The lowest BCUT2D eigenvalue weighted by Gasteiger charge is -2.25. The highest BCUT2D eigenvalue weighted by Crippen LogP contribution is 2.26. The predicted molar refractivity (Wildman–Crippen MR) is 88.4 cm³/mol. The summed E-state index contributed by atoms with van der Waals surface area (Å²) in [4.78, 5) is 0. The summed E-state index contributed by atoms with van der Waals surface area (Å²) in [6, 6.07) is 5.99. The standard InChI is InChI=1S/C16H26N2O3S/c1-12(2)17-22(19,20)18-9-5-6-15(18)11-14-7-8-16(21-4)13(3)10-14/h7-8,10,12,15,17H,5-6,9,11H2,1-4H3. The second-order valence-electron chi connectivity index (χ2n) is 6.19. The van der Waals surface area contributed by atoms with Crippen LogP contribution in [-0.2, 0) is 16.6 Å². The zero-order chi connectivity index (χ0) is 16.3. The van der Waals surface area contributed by atoms with Crippen molar-refractivity contribution < 1.29 is 13.2 Å². The van der Waals surface area contributed by atoms with Crippen molar-refractivity contribution in [1.82, 2.24) is 9.03 Å². The van der Waals surface area contributed by atoms with Gasteiger partial charge in [-0.15, -0.1) is 0 Å². The van der Waals surface area contributed by atoms with Crippen molar-refractivity contribution in [1.29, 1.82) is 0 Å². The van der Waals surface area contributed by atoms with Gasteiger partial charge in [-0.25, -0.2) is 0 Å². The molecule has 2 rings (SSSR count). The van der Waals surface area contributed by atoms with E-state index in [1.807, 2.05) is 32.9 Å². The second-order valence-corrected chi connectivity index (χ2v) is 7.85. The number of benzene rings is 1. The van der Waals surface area contributed by atoms with E-state index < -0.39 is 10.2 Å². The highest BCUT2D eigenvalue weighted by atomic mass is 32.2. The third-order valence-electron chi connectivity index (χ3n) is 3.95. The Kier molecular flexibility index (Phi) is 5.47. The van der Waals surface area contributed by atoms with Gasteiger partial charge in [0.15, 0.2) is 0 Å². The van der Waals surface area contributed by atoms with Gasteiger partial charge in [0.05, 0.1) is 7.11 Å². The van der Waals surface area contributed by atoms with Crippen LogP contribution >= 0.6 is 0 Å². The lowest BCUT2D eigenvalue weighted by molar-refractivity contribution is 0.375. The van der Waals surface area contributed by atoms with Gasteiger partial charge in [-0.2, -0.15) is 17.4 Å². The minimum absolute atomic E-state index is 0.0315. The van der Waals surface area contributed by atoms with E-state index >= 15 is 0 Å². The summed E-state index contributed by atoms with van der Waals surface area (Å²) in [5, 5.41) is 0. The van der Waals surface area contributed by atoms with Gasteiger partial charge in [-0.05, 0) is 57.2 Å². The van der Waals surface area contributed by atoms with Gasteiger partial charge in [0, 0.05) is 18.6 Å². The van der Waals surface area contributed by atoms with Gasteiger partial charge in [0.2, 0.25) is 0 Å². The summed E-state index contributed by atoms with van der Waals surface area (Å²) in [5.41, 5.74) is 2.22. The fourth-order valence-corrected chi connectivity index (χ4v) is 4.71. The van der Waals surface area contributed by atoms with E-state index in [-0.39, 0.29) is 12.1 Å². The van der Waals surface area contributed by atoms with Crippen LogP contribution in [0.1, 0.15) is 37.8 Å². The minimum atomic E-state index is -3.39. The molecule has 1 saturated heterocycles. The van der Waals surface area contributed by atoms with E-state index in [2.05, 4.69) is 10.8 Å². The van der Waals surface area contributed by atoms with E-state index in [1.54, 1.807) is 11.4 Å². The number of hydrogen-bond donors (Lipinski definition) is 1. The lowest BCUT2D eigenvalue weighted by Crippen LogP contribution is -2.46. The molecule has 1 atom stereocenters. The zero-order valence-corrected chi connectivity index (χ0v) is 14.6. The van der Waals surface area contributed by atoms with Gasteiger partial charge < -0.3 is 4.74 Å². The number of nitrogens with one attached hydrogen (secondary N) is 1. The third kappa shape index (κ3) is 4.00. The van der Waals surface area contributed by atoms with Crippen LogP contribution < -0.4 is 9.46 Å². The Morgan fingerprint density at radius 2 is 2.14 bits per heavy atom. The molecule has 124 valence electrons. The van der Waals surface area contributed by atoms with Gasteiger partial charge >= 0.3 is 0 Å². The molecule has 5 nitrogen and oxygen atoms in total. The number of nitrogens with zero attached hydrogens (tertiary/aromatic N) is 1. The molecule has 0 radical (unpaired) electrons. The fourth-order valence-electron chi connectivity index (χ4n) is 3.03. The largest absolute Gasteiger partial charge is 0.496 e. The monoisotopic (exact) mass is 326 g/mol. The molecular weight excluding hydrogens is 300 g/mol. The highest BCUT2D eigenvalue weighted by molar-refractivity contribution is 7.87. The summed E-state index contributed by atoms with van der Waals surface area (Å²) in [6.07, 6.45) is 2.56. The van der Waals surface area contributed by atoms with Gasteiger partial charge in [-0.3, -0.25) is 0 Å². The van der Waals surface area contributed by atoms with Gasteiger partial charge in [-0.1, -0.05) is 12.1 Å². The highest BCUT2D eigenvalue weighted by Gasteiger charge is 2.34. The minimum Gasteiger partial charge on any atom is -0.496 e. The molecule has 1 N–H and O–H groups in total. The summed E-state index contributed by atoms with van der Waals surface area (Å²) in [5.74, 6) is 0.862. The van der Waals surface area contributed by atoms with Crippen LogP contribution in [0.5, 0.6) is 5.75 Å². The lowest BCUT2D eigenvalue weighted by atomic mass is 10.0. The quantitative estimate of drug-likeness (QED) is 0.872. The van der Waals surface area contributed by atoms with Gasteiger partial charge in [0.25, 0.3) is 10.2 Å². The Morgan fingerprint density at radius 1 is 1.41 bits per heavy atom. The molecule has 1 fully saturated rings. The number of ether oxygens (including phenoxy) is 1. The normalized spacial score (nSPS) is 19.8. The maximum atomic E-state index is 12.4. The molecular formula is C16H26N2O3S. The third-order valence-corrected chi connectivity index (χ3v) is 5.81. The molecule has 0 bridgehead atoms. The molecule has 0 aromatic heterocycles. The molecule has 1 aliphatic rings. The van der Waals surface area contributed by atoms with Crippen LogP contribution in [0, 0.1) is 6.92 Å². The summed E-state index contributed by atoms with van der Waals surface area (Å²) in [6.45, 7) is 6.29. The Hall–Kier alpha value is -1.11. The van der Waals surface area contributed by atoms with Crippen LogP contribution in [0.25, 0.3) is 0 Å². The molecule has 0 aliphatic carbocycles. The maximum Gasteiger partial charge on any atom is 0.279 e. The SMILES string of the molecule is COc1ccc(CC2CCCN2S(=O)(=O)NC(C)C)cc1C. The summed E-state index contributed by atoms with van der Waals surface area (Å²) < 4.78 is 34.4. The van der Waals surface area contributed by atoms with Crippen LogP contribution in [0.3, 0.4) is 0 Å². The first kappa shape index (κ1) is 17.2.